The van der Waals surface area contributed by atoms with E-state index in [0.717, 1.165) is 41.9 Å². The molecule has 1 fully saturated rings. The second-order valence-electron chi connectivity index (χ2n) is 7.41. The molecule has 5 nitrogen and oxygen atoms in total. The van der Waals surface area contributed by atoms with Crippen LogP contribution in [-0.4, -0.2) is 36.0 Å². The first kappa shape index (κ1) is 22.6. The van der Waals surface area contributed by atoms with Crippen molar-refractivity contribution in [2.45, 2.75) is 51.5 Å². The molecule has 0 aliphatic carbocycles. The topological polar surface area (TPSA) is 52.6 Å². The van der Waals surface area contributed by atoms with Crippen LogP contribution in [0.25, 0.3) is 0 Å². The van der Waals surface area contributed by atoms with Gasteiger partial charge in [0.1, 0.15) is 5.01 Å². The Hall–Kier alpha value is -2.13. The van der Waals surface area contributed by atoms with Gasteiger partial charge in [-0.2, -0.15) is 13.2 Å². The number of aliphatic imine (C=N–C) groups is 1. The van der Waals surface area contributed by atoms with Gasteiger partial charge >= 0.3 is 6.18 Å². The molecule has 1 aliphatic rings. The van der Waals surface area contributed by atoms with Gasteiger partial charge in [0.05, 0.1) is 6.54 Å². The highest BCUT2D eigenvalue weighted by Crippen LogP contribution is 2.29. The summed E-state index contributed by atoms with van der Waals surface area (Å²) in [5.41, 5.74) is 1.58. The molecule has 0 unspecified atom stereocenters. The van der Waals surface area contributed by atoms with Crippen LogP contribution < -0.4 is 10.6 Å². The molecule has 1 aliphatic heterocycles. The lowest BCUT2D eigenvalue weighted by Crippen LogP contribution is -2.36. The van der Waals surface area contributed by atoms with Gasteiger partial charge in [0.25, 0.3) is 0 Å². The van der Waals surface area contributed by atoms with E-state index in [0.29, 0.717) is 17.5 Å². The van der Waals surface area contributed by atoms with Crippen LogP contribution in [0.2, 0.25) is 0 Å². The number of hydrogen-bond acceptors (Lipinski definition) is 4. The maximum Gasteiger partial charge on any atom is 0.434 e. The Balaban J connectivity index is 1.49. The van der Waals surface area contributed by atoms with Crippen LogP contribution in [-0.2, 0) is 25.8 Å². The highest BCUT2D eigenvalue weighted by Gasteiger charge is 2.33. The molecule has 30 heavy (non-hydrogen) atoms. The van der Waals surface area contributed by atoms with Gasteiger partial charge in [-0.15, -0.1) is 11.3 Å². The van der Waals surface area contributed by atoms with Crippen molar-refractivity contribution in [3.63, 3.8) is 0 Å². The number of rotatable bonds is 6. The summed E-state index contributed by atoms with van der Waals surface area (Å²) in [6, 6.07) is 8.47. The number of aromatic nitrogens is 1. The molecule has 0 bridgehead atoms. The zero-order valence-corrected chi connectivity index (χ0v) is 18.0. The van der Waals surface area contributed by atoms with Crippen molar-refractivity contribution < 1.29 is 13.2 Å². The van der Waals surface area contributed by atoms with E-state index in [1.54, 1.807) is 7.05 Å². The van der Waals surface area contributed by atoms with Crippen molar-refractivity contribution in [1.29, 1.82) is 0 Å². The van der Waals surface area contributed by atoms with E-state index in [4.69, 9.17) is 0 Å². The van der Waals surface area contributed by atoms with E-state index in [-0.39, 0.29) is 6.54 Å². The Bertz CT molecular complexity index is 826. The minimum absolute atomic E-state index is 0.190. The van der Waals surface area contributed by atoms with Crippen LogP contribution >= 0.6 is 11.3 Å². The lowest BCUT2D eigenvalue weighted by molar-refractivity contribution is -0.140. The molecule has 1 saturated heterocycles. The number of halogens is 3. The Morgan fingerprint density at radius 3 is 2.47 bits per heavy atom. The Morgan fingerprint density at radius 1 is 1.10 bits per heavy atom. The summed E-state index contributed by atoms with van der Waals surface area (Å²) in [7, 11) is 1.63. The molecule has 2 aromatic rings. The lowest BCUT2D eigenvalue weighted by Gasteiger charge is -2.20. The Morgan fingerprint density at radius 2 is 1.80 bits per heavy atom. The van der Waals surface area contributed by atoms with Crippen LogP contribution in [0.5, 0.6) is 0 Å². The standard InChI is InChI=1S/C21H28F3N5S/c1-25-20(27-13-19-28-18(15-30-19)21(22,23)24)26-12-16-7-6-8-17(11-16)14-29-9-4-2-3-5-10-29/h6-8,11,15H,2-5,9-10,12-14H2,1H3,(H2,25,26,27). The van der Waals surface area contributed by atoms with E-state index < -0.39 is 11.9 Å². The summed E-state index contributed by atoms with van der Waals surface area (Å²) in [6.07, 6.45) is 0.781. The third kappa shape index (κ3) is 6.98. The molecule has 1 aromatic heterocycles. The third-order valence-electron chi connectivity index (χ3n) is 5.03. The van der Waals surface area contributed by atoms with Crippen molar-refractivity contribution >= 4 is 17.3 Å². The molecule has 2 heterocycles. The van der Waals surface area contributed by atoms with E-state index >= 15 is 0 Å². The second kappa shape index (κ2) is 10.8. The number of thiazole rings is 1. The normalized spacial score (nSPS) is 16.3. The minimum Gasteiger partial charge on any atom is -0.352 e. The highest BCUT2D eigenvalue weighted by molar-refractivity contribution is 7.09. The van der Waals surface area contributed by atoms with Gasteiger partial charge in [-0.3, -0.25) is 9.89 Å². The van der Waals surface area contributed by atoms with E-state index in [9.17, 15) is 13.2 Å². The van der Waals surface area contributed by atoms with Crippen molar-refractivity contribution in [2.24, 2.45) is 4.99 Å². The number of guanidine groups is 1. The molecule has 0 saturated carbocycles. The summed E-state index contributed by atoms with van der Waals surface area (Å²) >= 11 is 0.982. The molecular formula is C21H28F3N5S. The molecule has 1 aromatic carbocycles. The minimum atomic E-state index is -4.41. The number of alkyl halides is 3. The molecule has 9 heteroatoms. The van der Waals surface area contributed by atoms with E-state index in [2.05, 4.69) is 49.8 Å². The Kier molecular flexibility index (Phi) is 8.09. The fourth-order valence-electron chi connectivity index (χ4n) is 3.48. The third-order valence-corrected chi connectivity index (χ3v) is 5.88. The summed E-state index contributed by atoms with van der Waals surface area (Å²) in [5.74, 6) is 0.525. The van der Waals surface area contributed by atoms with Crippen LogP contribution in [0.15, 0.2) is 34.6 Å². The first-order valence-electron chi connectivity index (χ1n) is 10.2. The van der Waals surface area contributed by atoms with Gasteiger partial charge in [0, 0.05) is 25.5 Å². The van der Waals surface area contributed by atoms with Gasteiger partial charge in [0.15, 0.2) is 11.7 Å². The number of benzene rings is 1. The van der Waals surface area contributed by atoms with E-state index in [1.165, 1.54) is 31.2 Å². The van der Waals surface area contributed by atoms with Crippen LogP contribution in [0.4, 0.5) is 13.2 Å². The molecule has 2 N–H and O–H groups in total. The maximum atomic E-state index is 12.7. The fourth-order valence-corrected chi connectivity index (χ4v) is 4.22. The second-order valence-corrected chi connectivity index (χ2v) is 8.36. The molecule has 0 radical (unpaired) electrons. The van der Waals surface area contributed by atoms with Gasteiger partial charge in [-0.05, 0) is 37.1 Å². The summed E-state index contributed by atoms with van der Waals surface area (Å²) < 4.78 is 38.0. The zero-order chi connectivity index (χ0) is 21.4. The SMILES string of the molecule is CN=C(NCc1cccc(CN2CCCCCC2)c1)NCc1nc(C(F)(F)F)cs1. The average molecular weight is 440 g/mol. The average Bonchev–Trinajstić information content (AvgIpc) is 3.07. The van der Waals surface area contributed by atoms with Crippen molar-refractivity contribution in [1.82, 2.24) is 20.5 Å². The zero-order valence-electron chi connectivity index (χ0n) is 17.1. The number of nitrogens with zero attached hydrogens (tertiary/aromatic N) is 3. The van der Waals surface area contributed by atoms with Gasteiger partial charge in [-0.1, -0.05) is 37.1 Å². The van der Waals surface area contributed by atoms with Crippen molar-refractivity contribution in [2.75, 3.05) is 20.1 Å². The molecule has 0 amide bonds. The van der Waals surface area contributed by atoms with Gasteiger partial charge < -0.3 is 10.6 Å². The number of hydrogen-bond donors (Lipinski definition) is 2. The number of likely N-dealkylation sites (tertiary alicyclic amines) is 1. The lowest BCUT2D eigenvalue weighted by atomic mass is 10.1. The fraction of sp³-hybridized carbons (Fsp3) is 0.524. The largest absolute Gasteiger partial charge is 0.434 e. The summed E-state index contributed by atoms with van der Waals surface area (Å²) in [6.45, 7) is 4.05. The van der Waals surface area contributed by atoms with Gasteiger partial charge in [-0.25, -0.2) is 4.98 Å². The van der Waals surface area contributed by atoms with Crippen molar-refractivity contribution in [3.05, 3.63) is 51.5 Å². The highest BCUT2D eigenvalue weighted by atomic mass is 32.1. The van der Waals surface area contributed by atoms with Crippen LogP contribution in [0.1, 0.15) is 47.5 Å². The molecule has 0 spiro atoms. The monoisotopic (exact) mass is 439 g/mol. The smallest absolute Gasteiger partial charge is 0.352 e. The molecule has 3 rings (SSSR count). The summed E-state index contributed by atoms with van der Waals surface area (Å²) in [4.78, 5) is 10.3. The Labute approximate surface area is 179 Å². The van der Waals surface area contributed by atoms with Gasteiger partial charge in [0.2, 0.25) is 0 Å². The quantitative estimate of drug-likeness (QED) is 0.517. The van der Waals surface area contributed by atoms with Crippen LogP contribution in [0.3, 0.4) is 0 Å². The summed E-state index contributed by atoms with van der Waals surface area (Å²) in [5, 5.41) is 7.63. The predicted octanol–water partition coefficient (Wildman–Crippen LogP) is 4.40. The first-order valence-corrected chi connectivity index (χ1v) is 11.1. The molecule has 164 valence electrons. The molecular weight excluding hydrogens is 411 g/mol. The van der Waals surface area contributed by atoms with Crippen LogP contribution in [0, 0.1) is 0 Å². The van der Waals surface area contributed by atoms with Crippen molar-refractivity contribution in [3.8, 4) is 0 Å². The predicted molar refractivity (Wildman–Crippen MR) is 114 cm³/mol. The molecule has 0 atom stereocenters. The van der Waals surface area contributed by atoms with E-state index in [1.807, 2.05) is 0 Å². The maximum absolute atomic E-state index is 12.7. The number of nitrogens with one attached hydrogen (secondary N) is 2. The first-order chi connectivity index (χ1) is 14.4.